The summed E-state index contributed by atoms with van der Waals surface area (Å²) < 4.78 is 5.93. The first-order chi connectivity index (χ1) is 20.1. The molecule has 11 heteroatoms. The van der Waals surface area contributed by atoms with Crippen LogP contribution in [0.3, 0.4) is 0 Å². The summed E-state index contributed by atoms with van der Waals surface area (Å²) in [4.78, 5) is 66.0. The van der Waals surface area contributed by atoms with Crippen LogP contribution in [0.4, 0.5) is 4.79 Å². The van der Waals surface area contributed by atoms with E-state index in [0.29, 0.717) is 32.4 Å². The number of urea groups is 1. The summed E-state index contributed by atoms with van der Waals surface area (Å²) in [5.41, 5.74) is 5.26. The number of ether oxygens (including phenoxy) is 1. The number of likely N-dealkylation sites (tertiary alicyclic amines) is 1. The highest BCUT2D eigenvalue weighted by Crippen LogP contribution is 2.34. The SMILES string of the molecule is CC(C)(C)C(NC(=O)N[C@H](COCc1ccccc1)C(C)(C)C)C(=O)N1CCC[C@H]1C(=O)NC(CC1CC1)C(=O)C(N)=O. The van der Waals surface area contributed by atoms with Gasteiger partial charge in [0.15, 0.2) is 0 Å². The lowest BCUT2D eigenvalue weighted by molar-refractivity contribution is -0.143. The lowest BCUT2D eigenvalue weighted by atomic mass is 9.85. The predicted molar refractivity (Wildman–Crippen MR) is 162 cm³/mol. The number of ketones is 1. The lowest BCUT2D eigenvalue weighted by Crippen LogP contribution is -2.61. The zero-order valence-electron chi connectivity index (χ0n) is 26.4. The number of nitrogens with zero attached hydrogens (tertiary/aromatic N) is 1. The zero-order chi connectivity index (χ0) is 31.9. The highest BCUT2D eigenvalue weighted by Gasteiger charge is 2.43. The van der Waals surface area contributed by atoms with Crippen LogP contribution in [0.15, 0.2) is 30.3 Å². The van der Waals surface area contributed by atoms with Crippen molar-refractivity contribution in [3.05, 3.63) is 35.9 Å². The van der Waals surface area contributed by atoms with Crippen molar-refractivity contribution in [2.24, 2.45) is 22.5 Å². The van der Waals surface area contributed by atoms with Gasteiger partial charge in [-0.25, -0.2) is 4.79 Å². The largest absolute Gasteiger partial charge is 0.375 e. The highest BCUT2D eigenvalue weighted by molar-refractivity contribution is 6.37. The molecular formula is C32H49N5O6. The van der Waals surface area contributed by atoms with E-state index < -0.39 is 47.2 Å². The van der Waals surface area contributed by atoms with Crippen LogP contribution < -0.4 is 21.7 Å². The minimum atomic E-state index is -1.09. The highest BCUT2D eigenvalue weighted by atomic mass is 16.5. The Morgan fingerprint density at radius 1 is 0.930 bits per heavy atom. The Hall–Kier alpha value is -3.47. The van der Waals surface area contributed by atoms with Gasteiger partial charge in [-0.05, 0) is 41.6 Å². The second-order valence-electron chi connectivity index (χ2n) is 14.0. The zero-order valence-corrected chi connectivity index (χ0v) is 26.4. The fourth-order valence-corrected chi connectivity index (χ4v) is 5.18. The first-order valence-electron chi connectivity index (χ1n) is 15.2. The number of hydrogen-bond acceptors (Lipinski definition) is 6. The fraction of sp³-hybridized carbons (Fsp3) is 0.656. The summed E-state index contributed by atoms with van der Waals surface area (Å²) in [5, 5.41) is 8.55. The molecule has 1 heterocycles. The quantitative estimate of drug-likeness (QED) is 0.255. The monoisotopic (exact) mass is 599 g/mol. The summed E-state index contributed by atoms with van der Waals surface area (Å²) in [6.45, 7) is 12.6. The lowest BCUT2D eigenvalue weighted by Gasteiger charge is -2.37. The maximum Gasteiger partial charge on any atom is 0.315 e. The molecule has 0 aromatic heterocycles. The van der Waals surface area contributed by atoms with Crippen LogP contribution in [0.25, 0.3) is 0 Å². The molecule has 0 spiro atoms. The van der Waals surface area contributed by atoms with Crippen LogP contribution in [0.2, 0.25) is 0 Å². The normalized spacial score (nSPS) is 19.2. The van der Waals surface area contributed by atoms with Crippen LogP contribution in [0, 0.1) is 16.7 Å². The van der Waals surface area contributed by atoms with Gasteiger partial charge in [0.25, 0.3) is 5.91 Å². The van der Waals surface area contributed by atoms with Crippen LogP contribution >= 0.6 is 0 Å². The molecule has 3 rings (SSSR count). The molecule has 1 aliphatic carbocycles. The van der Waals surface area contributed by atoms with Crippen LogP contribution in [0.5, 0.6) is 0 Å². The standard InChI is InChI=1S/C32H49N5O6/c1-31(2,3)24(19-43-18-21-11-8-7-9-12-21)35-30(42)36-26(32(4,5)6)29(41)37-16-10-13-23(37)28(40)34-22(17-20-14-15-20)25(38)27(33)39/h7-9,11-12,20,22-24,26H,10,13-19H2,1-6H3,(H2,33,39)(H,34,40)(H2,35,36,42)/t22?,23-,24+,26?/m0/s1. The Morgan fingerprint density at radius 2 is 1.58 bits per heavy atom. The van der Waals surface area contributed by atoms with Gasteiger partial charge in [0.05, 0.1) is 25.3 Å². The molecule has 238 valence electrons. The van der Waals surface area contributed by atoms with Crippen LogP contribution in [-0.4, -0.2) is 71.8 Å². The summed E-state index contributed by atoms with van der Waals surface area (Å²) in [5.74, 6) is -2.53. The van der Waals surface area contributed by atoms with E-state index in [1.54, 1.807) is 0 Å². The third-order valence-corrected chi connectivity index (χ3v) is 8.12. The molecule has 11 nitrogen and oxygen atoms in total. The van der Waals surface area contributed by atoms with E-state index in [1.807, 2.05) is 71.9 Å². The molecule has 0 radical (unpaired) electrons. The van der Waals surface area contributed by atoms with E-state index in [-0.39, 0.29) is 29.9 Å². The Balaban J connectivity index is 1.67. The van der Waals surface area contributed by atoms with E-state index in [4.69, 9.17) is 10.5 Å². The summed E-state index contributed by atoms with van der Waals surface area (Å²) in [6.07, 6.45) is 3.22. The maximum absolute atomic E-state index is 13.9. The summed E-state index contributed by atoms with van der Waals surface area (Å²) in [6, 6.07) is 6.16. The van der Waals surface area contributed by atoms with Crippen molar-refractivity contribution < 1.29 is 28.7 Å². The first-order valence-corrected chi connectivity index (χ1v) is 15.2. The van der Waals surface area contributed by atoms with Crippen LogP contribution in [0.1, 0.15) is 79.2 Å². The Labute approximate surface area is 255 Å². The molecule has 1 aromatic rings. The molecule has 5 amide bonds. The van der Waals surface area contributed by atoms with Crippen molar-refractivity contribution in [3.8, 4) is 0 Å². The molecule has 1 aromatic carbocycles. The van der Waals surface area contributed by atoms with Crippen LogP contribution in [-0.2, 0) is 30.5 Å². The molecule has 2 aliphatic rings. The minimum Gasteiger partial charge on any atom is -0.375 e. The average molecular weight is 600 g/mol. The van der Waals surface area contributed by atoms with E-state index >= 15 is 0 Å². The number of Topliss-reactive ketones (excluding diaryl/α,β-unsaturated/α-hetero) is 1. The van der Waals surface area contributed by atoms with Gasteiger partial charge in [-0.15, -0.1) is 0 Å². The molecule has 0 bridgehead atoms. The number of nitrogens with one attached hydrogen (secondary N) is 3. The number of amides is 5. The van der Waals surface area contributed by atoms with Gasteiger partial charge in [-0.1, -0.05) is 84.7 Å². The van der Waals surface area contributed by atoms with Gasteiger partial charge >= 0.3 is 6.03 Å². The smallest absolute Gasteiger partial charge is 0.315 e. The Kier molecular flexibility index (Phi) is 11.3. The summed E-state index contributed by atoms with van der Waals surface area (Å²) in [7, 11) is 0. The van der Waals surface area contributed by atoms with E-state index in [2.05, 4.69) is 16.0 Å². The number of carbonyl (C=O) groups excluding carboxylic acids is 5. The third kappa shape index (κ3) is 10.0. The summed E-state index contributed by atoms with van der Waals surface area (Å²) >= 11 is 0. The minimum absolute atomic E-state index is 0.267. The van der Waals surface area contributed by atoms with Gasteiger partial charge in [0.2, 0.25) is 17.6 Å². The van der Waals surface area contributed by atoms with Crippen molar-refractivity contribution in [2.75, 3.05) is 13.2 Å². The number of carbonyl (C=O) groups is 5. The van der Waals surface area contributed by atoms with Crippen molar-refractivity contribution in [1.29, 1.82) is 0 Å². The van der Waals surface area contributed by atoms with Crippen molar-refractivity contribution in [2.45, 2.75) is 104 Å². The van der Waals surface area contributed by atoms with Crippen molar-refractivity contribution in [3.63, 3.8) is 0 Å². The average Bonchev–Trinajstić information content (AvgIpc) is 3.60. The third-order valence-electron chi connectivity index (χ3n) is 8.12. The number of primary amides is 1. The molecule has 1 aliphatic heterocycles. The van der Waals surface area contributed by atoms with Gasteiger partial charge in [-0.2, -0.15) is 0 Å². The first kappa shape index (κ1) is 34.0. The second-order valence-corrected chi connectivity index (χ2v) is 14.0. The van der Waals surface area contributed by atoms with Gasteiger partial charge in [-0.3, -0.25) is 19.2 Å². The maximum atomic E-state index is 13.9. The van der Waals surface area contributed by atoms with E-state index in [1.165, 1.54) is 4.90 Å². The fourth-order valence-electron chi connectivity index (χ4n) is 5.18. The number of rotatable bonds is 13. The van der Waals surface area contributed by atoms with Crippen molar-refractivity contribution >= 4 is 29.5 Å². The topological polar surface area (TPSA) is 160 Å². The molecule has 5 N–H and O–H groups in total. The molecule has 1 saturated heterocycles. The Bertz CT molecular complexity index is 1160. The van der Waals surface area contributed by atoms with E-state index in [0.717, 1.165) is 18.4 Å². The van der Waals surface area contributed by atoms with Gasteiger partial charge < -0.3 is 31.3 Å². The number of benzene rings is 1. The number of hydrogen-bond donors (Lipinski definition) is 4. The Morgan fingerprint density at radius 3 is 2.14 bits per heavy atom. The molecule has 2 unspecified atom stereocenters. The van der Waals surface area contributed by atoms with E-state index in [9.17, 15) is 24.0 Å². The molecule has 4 atom stereocenters. The van der Waals surface area contributed by atoms with Crippen molar-refractivity contribution in [1.82, 2.24) is 20.9 Å². The van der Waals surface area contributed by atoms with Gasteiger partial charge in [0, 0.05) is 6.54 Å². The van der Waals surface area contributed by atoms with Gasteiger partial charge in [0.1, 0.15) is 12.1 Å². The molecule has 43 heavy (non-hydrogen) atoms. The molecular weight excluding hydrogens is 550 g/mol. The second kappa shape index (κ2) is 14.3. The molecule has 2 fully saturated rings. The molecule has 1 saturated carbocycles. The number of nitrogens with two attached hydrogens (primary N) is 1. The predicted octanol–water partition coefficient (Wildman–Crippen LogP) is 2.66.